The Morgan fingerprint density at radius 2 is 2.21 bits per heavy atom. The lowest BCUT2D eigenvalue weighted by Gasteiger charge is -2.11. The third kappa shape index (κ3) is 3.77. The lowest BCUT2D eigenvalue weighted by atomic mass is 10.1. The summed E-state index contributed by atoms with van der Waals surface area (Å²) in [4.78, 5) is 11.1. The SMILES string of the molecule is CC1CCC(NS(=O)(=O)c2ccc(CC(=O)O)s2)C1. The summed E-state index contributed by atoms with van der Waals surface area (Å²) in [7, 11) is -3.51. The Bertz CT molecular complexity index is 564. The summed E-state index contributed by atoms with van der Waals surface area (Å²) in [6, 6.07) is 3.04. The maximum atomic E-state index is 12.1. The molecule has 2 unspecified atom stereocenters. The monoisotopic (exact) mass is 303 g/mol. The third-order valence-corrected chi connectivity index (χ3v) is 6.34. The predicted molar refractivity (Wildman–Crippen MR) is 72.8 cm³/mol. The van der Waals surface area contributed by atoms with Crippen molar-refractivity contribution in [2.45, 2.75) is 42.9 Å². The van der Waals surface area contributed by atoms with Crippen molar-refractivity contribution in [3.8, 4) is 0 Å². The summed E-state index contributed by atoms with van der Waals surface area (Å²) in [6.07, 6.45) is 2.64. The van der Waals surface area contributed by atoms with Gasteiger partial charge in [0.25, 0.3) is 0 Å². The number of carboxylic acids is 1. The van der Waals surface area contributed by atoms with E-state index in [1.54, 1.807) is 6.07 Å². The van der Waals surface area contributed by atoms with Gasteiger partial charge in [-0.15, -0.1) is 11.3 Å². The van der Waals surface area contributed by atoms with E-state index >= 15 is 0 Å². The van der Waals surface area contributed by atoms with Gasteiger partial charge in [-0.1, -0.05) is 6.92 Å². The molecule has 0 aromatic carbocycles. The number of aliphatic carboxylic acids is 1. The highest BCUT2D eigenvalue weighted by atomic mass is 32.2. The van der Waals surface area contributed by atoms with Gasteiger partial charge in [-0.05, 0) is 37.3 Å². The number of carboxylic acid groups (broad SMARTS) is 1. The molecular formula is C12H17NO4S2. The molecule has 2 rings (SSSR count). The van der Waals surface area contributed by atoms with Gasteiger partial charge in [0, 0.05) is 10.9 Å². The van der Waals surface area contributed by atoms with Crippen molar-refractivity contribution >= 4 is 27.3 Å². The molecule has 2 atom stereocenters. The smallest absolute Gasteiger partial charge is 0.308 e. The molecule has 19 heavy (non-hydrogen) atoms. The van der Waals surface area contributed by atoms with Crippen molar-refractivity contribution in [2.24, 2.45) is 5.92 Å². The van der Waals surface area contributed by atoms with E-state index in [0.29, 0.717) is 10.8 Å². The maximum Gasteiger partial charge on any atom is 0.308 e. The summed E-state index contributed by atoms with van der Waals surface area (Å²) >= 11 is 1.02. The Hall–Kier alpha value is -0.920. The Morgan fingerprint density at radius 3 is 2.79 bits per heavy atom. The Balaban J connectivity index is 2.06. The van der Waals surface area contributed by atoms with Crippen LogP contribution in [0.2, 0.25) is 0 Å². The molecule has 106 valence electrons. The Morgan fingerprint density at radius 1 is 1.47 bits per heavy atom. The minimum absolute atomic E-state index is 0.00465. The van der Waals surface area contributed by atoms with Gasteiger partial charge in [-0.3, -0.25) is 4.79 Å². The van der Waals surface area contributed by atoms with Crippen molar-refractivity contribution in [1.82, 2.24) is 4.72 Å². The first-order valence-electron chi connectivity index (χ1n) is 6.19. The van der Waals surface area contributed by atoms with E-state index in [1.165, 1.54) is 6.07 Å². The van der Waals surface area contributed by atoms with Gasteiger partial charge >= 0.3 is 5.97 Å². The van der Waals surface area contributed by atoms with Crippen LogP contribution in [0.1, 0.15) is 31.1 Å². The number of rotatable bonds is 5. The van der Waals surface area contributed by atoms with Crippen molar-refractivity contribution in [1.29, 1.82) is 0 Å². The minimum Gasteiger partial charge on any atom is -0.481 e. The molecule has 5 nitrogen and oxygen atoms in total. The van der Waals surface area contributed by atoms with E-state index in [-0.39, 0.29) is 16.7 Å². The first-order chi connectivity index (χ1) is 8.87. The molecule has 2 N–H and O–H groups in total. The molecule has 0 radical (unpaired) electrons. The maximum absolute atomic E-state index is 12.1. The van der Waals surface area contributed by atoms with Crippen LogP contribution < -0.4 is 4.72 Å². The third-order valence-electron chi connectivity index (χ3n) is 3.24. The Labute approximate surface area is 116 Å². The summed E-state index contributed by atoms with van der Waals surface area (Å²) in [5.74, 6) is -0.401. The average molecular weight is 303 g/mol. The molecule has 1 saturated carbocycles. The van der Waals surface area contributed by atoms with Crippen LogP contribution in [0.15, 0.2) is 16.3 Å². The molecule has 1 aromatic heterocycles. The summed E-state index contributed by atoms with van der Waals surface area (Å²) in [6.45, 7) is 2.12. The number of hydrogen-bond acceptors (Lipinski definition) is 4. The van der Waals surface area contributed by atoms with Gasteiger partial charge in [-0.25, -0.2) is 13.1 Å². The van der Waals surface area contributed by atoms with Crippen LogP contribution in [0, 0.1) is 5.92 Å². The molecule has 7 heteroatoms. The first kappa shape index (κ1) is 14.5. The van der Waals surface area contributed by atoms with Crippen LogP contribution in [0.3, 0.4) is 0 Å². The fourth-order valence-corrected chi connectivity index (χ4v) is 4.99. The zero-order valence-corrected chi connectivity index (χ0v) is 12.3. The van der Waals surface area contributed by atoms with E-state index in [9.17, 15) is 13.2 Å². The van der Waals surface area contributed by atoms with Gasteiger partial charge < -0.3 is 5.11 Å². The summed E-state index contributed by atoms with van der Waals surface area (Å²) in [5.41, 5.74) is 0. The molecule has 1 aliphatic carbocycles. The summed E-state index contributed by atoms with van der Waals surface area (Å²) in [5, 5.41) is 8.68. The second kappa shape index (κ2) is 5.60. The predicted octanol–water partition coefficient (Wildman–Crippen LogP) is 1.84. The fourth-order valence-electron chi connectivity index (χ4n) is 2.34. The van der Waals surface area contributed by atoms with Crippen molar-refractivity contribution in [3.05, 3.63) is 17.0 Å². The first-order valence-corrected chi connectivity index (χ1v) is 8.49. The van der Waals surface area contributed by atoms with E-state index < -0.39 is 16.0 Å². The second-order valence-corrected chi connectivity index (χ2v) is 8.14. The van der Waals surface area contributed by atoms with E-state index in [4.69, 9.17) is 5.11 Å². The van der Waals surface area contributed by atoms with Crippen LogP contribution in [-0.2, 0) is 21.2 Å². The van der Waals surface area contributed by atoms with Gasteiger partial charge in [0.2, 0.25) is 10.0 Å². The number of sulfonamides is 1. The minimum atomic E-state index is -3.51. The zero-order valence-electron chi connectivity index (χ0n) is 10.6. The van der Waals surface area contributed by atoms with Crippen LogP contribution in [0.25, 0.3) is 0 Å². The largest absolute Gasteiger partial charge is 0.481 e. The molecule has 0 spiro atoms. The zero-order chi connectivity index (χ0) is 14.0. The highest BCUT2D eigenvalue weighted by Gasteiger charge is 2.27. The highest BCUT2D eigenvalue weighted by Crippen LogP contribution is 2.28. The molecular weight excluding hydrogens is 286 g/mol. The van der Waals surface area contributed by atoms with Crippen LogP contribution >= 0.6 is 11.3 Å². The van der Waals surface area contributed by atoms with Gasteiger partial charge in [0.1, 0.15) is 4.21 Å². The normalized spacial score (nSPS) is 23.6. The molecule has 1 aromatic rings. The van der Waals surface area contributed by atoms with Crippen molar-refractivity contribution in [3.63, 3.8) is 0 Å². The molecule has 0 amide bonds. The van der Waals surface area contributed by atoms with Crippen molar-refractivity contribution < 1.29 is 18.3 Å². The lowest BCUT2D eigenvalue weighted by Crippen LogP contribution is -2.32. The highest BCUT2D eigenvalue weighted by molar-refractivity contribution is 7.91. The van der Waals surface area contributed by atoms with Crippen molar-refractivity contribution in [2.75, 3.05) is 0 Å². The van der Waals surface area contributed by atoms with Gasteiger partial charge in [-0.2, -0.15) is 0 Å². The lowest BCUT2D eigenvalue weighted by molar-refractivity contribution is -0.136. The van der Waals surface area contributed by atoms with Crippen LogP contribution in [0.5, 0.6) is 0 Å². The van der Waals surface area contributed by atoms with E-state index in [1.807, 2.05) is 0 Å². The average Bonchev–Trinajstić information content (AvgIpc) is 2.87. The molecule has 0 bridgehead atoms. The quantitative estimate of drug-likeness (QED) is 0.869. The Kier molecular flexibility index (Phi) is 4.27. The number of carbonyl (C=O) groups is 1. The number of thiophene rings is 1. The van der Waals surface area contributed by atoms with Gasteiger partial charge in [0.15, 0.2) is 0 Å². The van der Waals surface area contributed by atoms with E-state index in [0.717, 1.165) is 30.6 Å². The standard InChI is InChI=1S/C12H17NO4S2/c1-8-2-3-9(6-8)13-19(16,17)12-5-4-10(18-12)7-11(14)15/h4-5,8-9,13H,2-3,6-7H2,1H3,(H,14,15). The fraction of sp³-hybridized carbons (Fsp3) is 0.583. The molecule has 1 fully saturated rings. The van der Waals surface area contributed by atoms with Crippen LogP contribution in [0.4, 0.5) is 0 Å². The number of hydrogen-bond donors (Lipinski definition) is 2. The van der Waals surface area contributed by atoms with Crippen LogP contribution in [-0.4, -0.2) is 25.5 Å². The van der Waals surface area contributed by atoms with E-state index in [2.05, 4.69) is 11.6 Å². The number of nitrogens with one attached hydrogen (secondary N) is 1. The summed E-state index contributed by atoms with van der Waals surface area (Å²) < 4.78 is 27.2. The van der Waals surface area contributed by atoms with Gasteiger partial charge in [0.05, 0.1) is 6.42 Å². The topological polar surface area (TPSA) is 83.5 Å². The molecule has 1 heterocycles. The second-order valence-electron chi connectivity index (χ2n) is 5.03. The molecule has 1 aliphatic rings. The molecule has 0 saturated heterocycles. The molecule has 0 aliphatic heterocycles.